The van der Waals surface area contributed by atoms with Gasteiger partial charge in [-0.25, -0.2) is 4.79 Å². The van der Waals surface area contributed by atoms with E-state index in [1.807, 2.05) is 12.2 Å². The zero-order chi connectivity index (χ0) is 16.1. The number of esters is 1. The van der Waals surface area contributed by atoms with Crippen LogP contribution in [0.5, 0.6) is 0 Å². The summed E-state index contributed by atoms with van der Waals surface area (Å²) in [7, 11) is 1.59. The molecule has 1 N–H and O–H groups in total. The summed E-state index contributed by atoms with van der Waals surface area (Å²) in [5.74, 6) is -0.990. The molecule has 0 aromatic heterocycles. The van der Waals surface area contributed by atoms with E-state index in [0.29, 0.717) is 12.3 Å². The molecule has 0 radical (unpaired) electrons. The Kier molecular flexibility index (Phi) is 3.76. The Morgan fingerprint density at radius 1 is 1.55 bits per heavy atom. The lowest BCUT2D eigenvalue weighted by Crippen LogP contribution is -2.80. The number of hydrogen-bond donors (Lipinski definition) is 1. The first-order chi connectivity index (χ1) is 10.4. The molecule has 0 bridgehead atoms. The lowest BCUT2D eigenvalue weighted by Gasteiger charge is -2.56. The molecule has 2 heterocycles. The summed E-state index contributed by atoms with van der Waals surface area (Å²) in [4.78, 5) is 26.4. The second-order valence-electron chi connectivity index (χ2n) is 6.66. The highest BCUT2D eigenvalue weighted by Crippen LogP contribution is 2.57. The molecule has 22 heavy (non-hydrogen) atoms. The monoisotopic (exact) mass is 327 g/mol. The van der Waals surface area contributed by atoms with E-state index in [9.17, 15) is 14.7 Å². The number of likely N-dealkylation sites (tertiary alicyclic amines) is 1. The summed E-state index contributed by atoms with van der Waals surface area (Å²) in [5.41, 5.74) is -2.29. The SMILES string of the molecule is CN1C(=O)[C@H](CCCl)[C@]2(C)OC(=O)C12[C@@H](O)C1C=CCCC1. The number of carbonyl (C=O) groups is 2. The Labute approximate surface area is 135 Å². The maximum absolute atomic E-state index is 12.6. The van der Waals surface area contributed by atoms with E-state index >= 15 is 0 Å². The third-order valence-electron chi connectivity index (χ3n) is 5.72. The summed E-state index contributed by atoms with van der Waals surface area (Å²) < 4.78 is 5.43. The van der Waals surface area contributed by atoms with Gasteiger partial charge in [0.25, 0.3) is 0 Å². The molecule has 6 heteroatoms. The van der Waals surface area contributed by atoms with Gasteiger partial charge in [-0.05, 0) is 32.6 Å². The van der Waals surface area contributed by atoms with Crippen molar-refractivity contribution >= 4 is 23.5 Å². The molecule has 0 aromatic rings. The Balaban J connectivity index is 2.01. The molecule has 5 nitrogen and oxygen atoms in total. The fourth-order valence-electron chi connectivity index (χ4n) is 4.49. The second kappa shape index (κ2) is 5.24. The first kappa shape index (κ1) is 15.8. The van der Waals surface area contributed by atoms with E-state index < -0.39 is 29.1 Å². The van der Waals surface area contributed by atoms with E-state index in [0.717, 1.165) is 19.3 Å². The lowest BCUT2D eigenvalue weighted by atomic mass is 9.64. The minimum absolute atomic E-state index is 0.133. The van der Waals surface area contributed by atoms with Crippen LogP contribution >= 0.6 is 11.6 Å². The highest BCUT2D eigenvalue weighted by molar-refractivity contribution is 6.18. The summed E-state index contributed by atoms with van der Waals surface area (Å²) in [6.07, 6.45) is 6.24. The van der Waals surface area contributed by atoms with Crippen LogP contribution in [0.3, 0.4) is 0 Å². The molecular formula is C16H22ClNO4. The van der Waals surface area contributed by atoms with Gasteiger partial charge in [0.1, 0.15) is 0 Å². The smallest absolute Gasteiger partial charge is 0.339 e. The summed E-state index contributed by atoms with van der Waals surface area (Å²) >= 11 is 5.82. The Bertz CT molecular complexity index is 536. The van der Waals surface area contributed by atoms with Crippen molar-refractivity contribution in [3.8, 4) is 0 Å². The van der Waals surface area contributed by atoms with Crippen LogP contribution in [0.4, 0.5) is 0 Å². The molecule has 122 valence electrons. The fraction of sp³-hybridized carbons (Fsp3) is 0.750. The minimum atomic E-state index is -1.28. The predicted octanol–water partition coefficient (Wildman–Crippen LogP) is 1.47. The van der Waals surface area contributed by atoms with Crippen LogP contribution in [0.15, 0.2) is 12.2 Å². The molecule has 0 aromatic carbocycles. The number of aliphatic hydroxyl groups is 1. The predicted molar refractivity (Wildman–Crippen MR) is 81.3 cm³/mol. The molecular weight excluding hydrogens is 306 g/mol. The summed E-state index contributed by atoms with van der Waals surface area (Å²) in [6.45, 7) is 1.75. The van der Waals surface area contributed by atoms with E-state index in [2.05, 4.69) is 0 Å². The molecule has 5 atom stereocenters. The van der Waals surface area contributed by atoms with E-state index in [1.54, 1.807) is 14.0 Å². The van der Waals surface area contributed by atoms with Gasteiger partial charge >= 0.3 is 5.97 Å². The first-order valence-electron chi connectivity index (χ1n) is 7.83. The number of fused-ring (bicyclic) bond motifs is 1. The zero-order valence-corrected chi connectivity index (χ0v) is 13.7. The van der Waals surface area contributed by atoms with Crippen LogP contribution in [0.25, 0.3) is 0 Å². The number of amides is 1. The van der Waals surface area contributed by atoms with Crippen molar-refractivity contribution < 1.29 is 19.4 Å². The number of rotatable bonds is 4. The molecule has 3 aliphatic rings. The van der Waals surface area contributed by atoms with E-state index in [4.69, 9.17) is 16.3 Å². The van der Waals surface area contributed by atoms with Crippen LogP contribution < -0.4 is 0 Å². The molecule has 3 rings (SSSR count). The minimum Gasteiger partial charge on any atom is -0.453 e. The molecule has 0 spiro atoms. The average molecular weight is 328 g/mol. The van der Waals surface area contributed by atoms with Crippen LogP contribution in [-0.2, 0) is 14.3 Å². The molecule has 2 aliphatic heterocycles. The van der Waals surface area contributed by atoms with Gasteiger partial charge < -0.3 is 14.7 Å². The van der Waals surface area contributed by atoms with Crippen LogP contribution in [0.2, 0.25) is 0 Å². The average Bonchev–Trinajstić information content (AvgIpc) is 2.63. The molecule has 1 amide bonds. The van der Waals surface area contributed by atoms with Crippen molar-refractivity contribution in [3.63, 3.8) is 0 Å². The molecule has 2 unspecified atom stereocenters. The molecule has 2 fully saturated rings. The maximum Gasteiger partial charge on any atom is 0.339 e. The van der Waals surface area contributed by atoms with Gasteiger partial charge in [-0.15, -0.1) is 11.6 Å². The van der Waals surface area contributed by atoms with Crippen LogP contribution in [0.1, 0.15) is 32.6 Å². The highest BCUT2D eigenvalue weighted by Gasteiger charge is 2.81. The molecule has 0 saturated carbocycles. The van der Waals surface area contributed by atoms with Crippen molar-refractivity contribution in [1.82, 2.24) is 4.90 Å². The number of ether oxygens (including phenoxy) is 1. The van der Waals surface area contributed by atoms with Crippen LogP contribution in [0, 0.1) is 11.8 Å². The quantitative estimate of drug-likeness (QED) is 0.482. The molecule has 1 aliphatic carbocycles. The third-order valence-corrected chi connectivity index (χ3v) is 5.94. The van der Waals surface area contributed by atoms with Crippen molar-refractivity contribution in [1.29, 1.82) is 0 Å². The topological polar surface area (TPSA) is 66.8 Å². The van der Waals surface area contributed by atoms with Gasteiger partial charge in [-0.3, -0.25) is 4.79 Å². The number of likely N-dealkylation sites (N-methyl/N-ethyl adjacent to an activating group) is 1. The van der Waals surface area contributed by atoms with Gasteiger partial charge in [0, 0.05) is 18.8 Å². The normalized spacial score (nSPS) is 41.9. The Hall–Kier alpha value is -1.07. The summed E-state index contributed by atoms with van der Waals surface area (Å²) in [6, 6.07) is 0. The van der Waals surface area contributed by atoms with Crippen molar-refractivity contribution in [2.45, 2.75) is 49.9 Å². The zero-order valence-electron chi connectivity index (χ0n) is 12.9. The standard InChI is InChI=1S/C16H22ClNO4/c1-15-11(8-9-17)13(20)18(2)16(15,14(21)22-15)12(19)10-6-4-3-5-7-10/h4,6,10-12,19H,3,5,7-9H2,1-2H3/t10?,11-,12-,15-,16?/m0/s1. The Morgan fingerprint density at radius 3 is 2.82 bits per heavy atom. The maximum atomic E-state index is 12.6. The van der Waals surface area contributed by atoms with Crippen molar-refractivity contribution in [3.05, 3.63) is 12.2 Å². The lowest BCUT2D eigenvalue weighted by molar-refractivity contribution is -0.253. The Morgan fingerprint density at radius 2 is 2.27 bits per heavy atom. The number of carbonyl (C=O) groups excluding carboxylic acids is 2. The van der Waals surface area contributed by atoms with Gasteiger partial charge in [0.05, 0.1) is 12.0 Å². The third kappa shape index (κ3) is 1.69. The van der Waals surface area contributed by atoms with Crippen molar-refractivity contribution in [2.75, 3.05) is 12.9 Å². The van der Waals surface area contributed by atoms with E-state index in [-0.39, 0.29) is 11.8 Å². The van der Waals surface area contributed by atoms with Gasteiger partial charge in [0.2, 0.25) is 11.4 Å². The van der Waals surface area contributed by atoms with E-state index in [1.165, 1.54) is 4.90 Å². The number of aliphatic hydroxyl groups excluding tert-OH is 1. The number of allylic oxidation sites excluding steroid dienone is 1. The second-order valence-corrected chi connectivity index (χ2v) is 7.04. The van der Waals surface area contributed by atoms with Crippen molar-refractivity contribution in [2.24, 2.45) is 11.8 Å². The highest BCUT2D eigenvalue weighted by atomic mass is 35.5. The number of nitrogens with zero attached hydrogens (tertiary/aromatic N) is 1. The number of alkyl halides is 1. The first-order valence-corrected chi connectivity index (χ1v) is 8.36. The van der Waals surface area contributed by atoms with Gasteiger partial charge in [0.15, 0.2) is 5.60 Å². The molecule has 2 saturated heterocycles. The van der Waals surface area contributed by atoms with Gasteiger partial charge in [-0.1, -0.05) is 12.2 Å². The van der Waals surface area contributed by atoms with Crippen LogP contribution in [-0.4, -0.2) is 52.1 Å². The summed E-state index contributed by atoms with van der Waals surface area (Å²) in [5, 5.41) is 11.0. The number of halogens is 1. The number of hydrogen-bond acceptors (Lipinski definition) is 4. The largest absolute Gasteiger partial charge is 0.453 e. The fourth-order valence-corrected chi connectivity index (χ4v) is 4.70. The van der Waals surface area contributed by atoms with Gasteiger partial charge in [-0.2, -0.15) is 0 Å².